The zero-order chi connectivity index (χ0) is 25.3. The third-order valence-electron chi connectivity index (χ3n) is 6.41. The number of aromatic nitrogens is 1. The molecule has 1 unspecified atom stereocenters. The van der Waals surface area contributed by atoms with Crippen LogP contribution in [0, 0.1) is 0 Å². The number of alkyl halides is 3. The molecule has 1 aromatic heterocycles. The van der Waals surface area contributed by atoms with Gasteiger partial charge in [-0.2, -0.15) is 13.2 Å². The van der Waals surface area contributed by atoms with E-state index in [0.29, 0.717) is 36.0 Å². The van der Waals surface area contributed by atoms with E-state index in [1.54, 1.807) is 18.2 Å². The molecule has 2 N–H and O–H groups in total. The third kappa shape index (κ3) is 4.90. The van der Waals surface area contributed by atoms with Crippen molar-refractivity contribution >= 4 is 16.7 Å². The van der Waals surface area contributed by atoms with E-state index in [0.717, 1.165) is 11.6 Å². The number of carbonyl (C=O) groups is 1. The summed E-state index contributed by atoms with van der Waals surface area (Å²) in [6, 6.07) is 21.3. The van der Waals surface area contributed by atoms with Gasteiger partial charge in [0, 0.05) is 16.6 Å². The van der Waals surface area contributed by atoms with Gasteiger partial charge in [-0.1, -0.05) is 60.7 Å². The van der Waals surface area contributed by atoms with Gasteiger partial charge < -0.3 is 15.0 Å². The van der Waals surface area contributed by atoms with Crippen molar-refractivity contribution in [2.45, 2.75) is 31.2 Å². The number of ether oxygens (including phenoxy) is 1. The van der Waals surface area contributed by atoms with Crippen LogP contribution in [0.4, 0.5) is 13.2 Å². The number of H-pyrrole nitrogens is 1. The van der Waals surface area contributed by atoms with Crippen LogP contribution in [-0.4, -0.2) is 23.5 Å². The second-order valence-corrected chi connectivity index (χ2v) is 8.90. The van der Waals surface area contributed by atoms with Gasteiger partial charge in [0.15, 0.2) is 0 Å². The van der Waals surface area contributed by atoms with Gasteiger partial charge in [-0.05, 0) is 41.1 Å². The number of nitrogens with one attached hydrogen (secondary N) is 2. The van der Waals surface area contributed by atoms with E-state index >= 15 is 0 Å². The van der Waals surface area contributed by atoms with Crippen LogP contribution in [0.1, 0.15) is 29.0 Å². The Morgan fingerprint density at radius 3 is 2.44 bits per heavy atom. The van der Waals surface area contributed by atoms with Crippen molar-refractivity contribution in [3.63, 3.8) is 0 Å². The number of amides is 1. The minimum atomic E-state index is -4.55. The standard InChI is InChI=1S/C28H23F3N2O3/c29-28(30,31)24-9-5-4-8-21(24)25-13-19-11-10-18(12-22(19)27(35)33-25)23-14-20(32-26(23)34)16-36-15-17-6-2-1-3-7-17/h1-13,20,23H,14-16H2,(H,32,34)(H,33,35)/t20?,23-/m1/s1. The highest BCUT2D eigenvalue weighted by atomic mass is 19.4. The van der Waals surface area contributed by atoms with Crippen LogP contribution in [0.5, 0.6) is 0 Å². The Labute approximate surface area is 204 Å². The number of rotatable bonds is 6. The molecular formula is C28H23F3N2O3. The first-order valence-corrected chi connectivity index (χ1v) is 11.6. The van der Waals surface area contributed by atoms with Crippen LogP contribution in [0.15, 0.2) is 83.7 Å². The van der Waals surface area contributed by atoms with Gasteiger partial charge >= 0.3 is 6.18 Å². The Morgan fingerprint density at radius 1 is 0.917 bits per heavy atom. The summed E-state index contributed by atoms with van der Waals surface area (Å²) in [6.45, 7) is 0.816. The zero-order valence-corrected chi connectivity index (χ0v) is 19.1. The molecule has 1 aliphatic rings. The summed E-state index contributed by atoms with van der Waals surface area (Å²) in [5, 5.41) is 3.76. The van der Waals surface area contributed by atoms with Gasteiger partial charge in [0.25, 0.3) is 5.56 Å². The van der Waals surface area contributed by atoms with E-state index in [1.807, 2.05) is 30.3 Å². The van der Waals surface area contributed by atoms with E-state index in [9.17, 15) is 22.8 Å². The molecule has 184 valence electrons. The van der Waals surface area contributed by atoms with Crippen LogP contribution < -0.4 is 10.9 Å². The summed E-state index contributed by atoms with van der Waals surface area (Å²) in [5.41, 5.74) is 0.384. The molecule has 0 saturated carbocycles. The van der Waals surface area contributed by atoms with Gasteiger partial charge in [-0.25, -0.2) is 0 Å². The van der Waals surface area contributed by atoms with Crippen LogP contribution in [-0.2, 0) is 22.3 Å². The van der Waals surface area contributed by atoms with Crippen molar-refractivity contribution in [2.75, 3.05) is 6.61 Å². The lowest BCUT2D eigenvalue weighted by Crippen LogP contribution is -2.30. The van der Waals surface area contributed by atoms with Crippen LogP contribution in [0.3, 0.4) is 0 Å². The maximum absolute atomic E-state index is 13.5. The number of halogens is 3. The summed E-state index contributed by atoms with van der Waals surface area (Å²) < 4.78 is 46.2. The lowest BCUT2D eigenvalue weighted by molar-refractivity contribution is -0.137. The van der Waals surface area contributed by atoms with Crippen molar-refractivity contribution < 1.29 is 22.7 Å². The summed E-state index contributed by atoms with van der Waals surface area (Å²) >= 11 is 0. The molecule has 2 atom stereocenters. The Bertz CT molecular complexity index is 1460. The molecule has 0 radical (unpaired) electrons. The summed E-state index contributed by atoms with van der Waals surface area (Å²) in [7, 11) is 0. The lowest BCUT2D eigenvalue weighted by atomic mass is 9.93. The topological polar surface area (TPSA) is 71.2 Å². The number of benzene rings is 3. The van der Waals surface area contributed by atoms with E-state index in [1.165, 1.54) is 24.3 Å². The monoisotopic (exact) mass is 492 g/mol. The highest BCUT2D eigenvalue weighted by molar-refractivity contribution is 5.90. The molecule has 0 bridgehead atoms. The molecule has 8 heteroatoms. The Kier molecular flexibility index (Phi) is 6.36. The van der Waals surface area contributed by atoms with Gasteiger partial charge in [0.1, 0.15) is 0 Å². The van der Waals surface area contributed by atoms with Crippen molar-refractivity contribution in [3.8, 4) is 11.3 Å². The number of hydrogen-bond donors (Lipinski definition) is 2. The number of pyridine rings is 1. The largest absolute Gasteiger partial charge is 0.417 e. The van der Waals surface area contributed by atoms with Crippen molar-refractivity contribution in [2.24, 2.45) is 0 Å². The molecule has 1 amide bonds. The molecule has 0 spiro atoms. The highest BCUT2D eigenvalue weighted by Crippen LogP contribution is 2.37. The van der Waals surface area contributed by atoms with Gasteiger partial charge in [0.2, 0.25) is 5.91 Å². The molecule has 4 aromatic rings. The molecule has 5 nitrogen and oxygen atoms in total. The Morgan fingerprint density at radius 2 is 1.67 bits per heavy atom. The molecule has 2 heterocycles. The molecule has 3 aromatic carbocycles. The second-order valence-electron chi connectivity index (χ2n) is 8.90. The minimum Gasteiger partial charge on any atom is -0.375 e. The fourth-order valence-electron chi connectivity index (χ4n) is 4.65. The maximum atomic E-state index is 13.5. The minimum absolute atomic E-state index is 0.0856. The maximum Gasteiger partial charge on any atom is 0.417 e. The summed E-state index contributed by atoms with van der Waals surface area (Å²) in [5.74, 6) is -0.584. The second kappa shape index (κ2) is 9.62. The van der Waals surface area contributed by atoms with E-state index in [-0.39, 0.29) is 23.2 Å². The molecule has 1 fully saturated rings. The highest BCUT2D eigenvalue weighted by Gasteiger charge is 2.34. The average Bonchev–Trinajstić information content (AvgIpc) is 3.24. The van der Waals surface area contributed by atoms with Crippen LogP contribution in [0.2, 0.25) is 0 Å². The molecule has 5 rings (SSSR count). The smallest absolute Gasteiger partial charge is 0.375 e. The quantitative estimate of drug-likeness (QED) is 0.379. The number of hydrogen-bond acceptors (Lipinski definition) is 3. The van der Waals surface area contributed by atoms with E-state index in [4.69, 9.17) is 4.74 Å². The number of fused-ring (bicyclic) bond motifs is 1. The summed E-state index contributed by atoms with van der Waals surface area (Å²) in [4.78, 5) is 28.1. The van der Waals surface area contributed by atoms with Crippen molar-refractivity contribution in [3.05, 3.63) is 106 Å². The predicted octanol–water partition coefficient (Wildman–Crippen LogP) is 5.40. The lowest BCUT2D eigenvalue weighted by Gasteiger charge is -2.14. The molecule has 1 aliphatic heterocycles. The van der Waals surface area contributed by atoms with Gasteiger partial charge in [-0.3, -0.25) is 9.59 Å². The first kappa shape index (κ1) is 23.8. The number of aromatic amines is 1. The molecule has 1 saturated heterocycles. The van der Waals surface area contributed by atoms with Crippen molar-refractivity contribution in [1.29, 1.82) is 0 Å². The van der Waals surface area contributed by atoms with Crippen LogP contribution in [0.25, 0.3) is 22.0 Å². The van der Waals surface area contributed by atoms with Crippen molar-refractivity contribution in [1.82, 2.24) is 10.3 Å². The first-order chi connectivity index (χ1) is 17.3. The number of carbonyl (C=O) groups excluding carboxylic acids is 1. The fourth-order valence-corrected chi connectivity index (χ4v) is 4.65. The predicted molar refractivity (Wildman–Crippen MR) is 130 cm³/mol. The van der Waals surface area contributed by atoms with Gasteiger partial charge in [-0.15, -0.1) is 0 Å². The Balaban J connectivity index is 1.35. The zero-order valence-electron chi connectivity index (χ0n) is 19.1. The third-order valence-corrected chi connectivity index (χ3v) is 6.41. The normalized spacial score (nSPS) is 17.9. The molecule has 36 heavy (non-hydrogen) atoms. The average molecular weight is 492 g/mol. The SMILES string of the molecule is O=C1NC(COCc2ccccc2)C[C@@H]1c1ccc2cc(-c3ccccc3C(F)(F)F)[nH]c(=O)c2c1. The van der Waals surface area contributed by atoms with Crippen LogP contribution >= 0.6 is 0 Å². The fraction of sp³-hybridized carbons (Fsp3) is 0.214. The molecule has 0 aliphatic carbocycles. The van der Waals surface area contributed by atoms with Gasteiger partial charge in [0.05, 0.1) is 30.7 Å². The first-order valence-electron chi connectivity index (χ1n) is 11.6. The van der Waals surface area contributed by atoms with E-state index < -0.39 is 23.2 Å². The Hall–Kier alpha value is -3.91. The molecular weight excluding hydrogens is 469 g/mol. The summed E-state index contributed by atoms with van der Waals surface area (Å²) in [6.07, 6.45) is -4.03. The van der Waals surface area contributed by atoms with E-state index in [2.05, 4.69) is 10.3 Å².